The Morgan fingerprint density at radius 2 is 2.00 bits per heavy atom. The van der Waals surface area contributed by atoms with Crippen LogP contribution in [-0.4, -0.2) is 20.7 Å². The highest BCUT2D eigenvalue weighted by Crippen LogP contribution is 2.27. The van der Waals surface area contributed by atoms with Gasteiger partial charge >= 0.3 is 0 Å². The van der Waals surface area contributed by atoms with Crippen molar-refractivity contribution in [2.75, 3.05) is 0 Å². The molecular weight excluding hydrogens is 344 g/mol. The fraction of sp³-hybridized carbons (Fsp3) is 0.150. The van der Waals surface area contributed by atoms with Crippen LogP contribution in [0.5, 0.6) is 0 Å². The number of pyridine rings is 1. The van der Waals surface area contributed by atoms with Crippen LogP contribution in [0.4, 0.5) is 0 Å². The first-order chi connectivity index (χ1) is 12.6. The van der Waals surface area contributed by atoms with Gasteiger partial charge in [-0.3, -0.25) is 4.79 Å². The fourth-order valence-corrected chi connectivity index (χ4v) is 3.95. The maximum Gasteiger partial charge on any atom is 0.261 e. The Bertz CT molecular complexity index is 1080. The van der Waals surface area contributed by atoms with Crippen molar-refractivity contribution in [1.29, 1.82) is 0 Å². The van der Waals surface area contributed by atoms with Gasteiger partial charge in [0.2, 0.25) is 0 Å². The van der Waals surface area contributed by atoms with E-state index in [4.69, 9.17) is 0 Å². The Morgan fingerprint density at radius 1 is 1.19 bits per heavy atom. The second kappa shape index (κ2) is 6.72. The molecule has 4 rings (SSSR count). The number of nitrogens with one attached hydrogen (secondary N) is 1. The van der Waals surface area contributed by atoms with E-state index < -0.39 is 0 Å². The van der Waals surface area contributed by atoms with Crippen LogP contribution < -0.4 is 5.32 Å². The minimum Gasteiger partial charge on any atom is -0.347 e. The summed E-state index contributed by atoms with van der Waals surface area (Å²) < 4.78 is 1.80. The van der Waals surface area contributed by atoms with Crippen LogP contribution in [0.25, 0.3) is 15.9 Å². The van der Waals surface area contributed by atoms with Gasteiger partial charge in [-0.25, -0.2) is 9.67 Å². The first kappa shape index (κ1) is 16.5. The molecule has 1 aromatic carbocycles. The zero-order valence-electron chi connectivity index (χ0n) is 14.6. The van der Waals surface area contributed by atoms with Crippen LogP contribution in [0.3, 0.4) is 0 Å². The summed E-state index contributed by atoms with van der Waals surface area (Å²) in [5.74, 6) is -0.0856. The molecule has 3 heterocycles. The average Bonchev–Trinajstić information content (AvgIpc) is 3.27. The van der Waals surface area contributed by atoms with Crippen molar-refractivity contribution in [1.82, 2.24) is 20.1 Å². The third-order valence-corrected chi connectivity index (χ3v) is 5.20. The molecule has 3 aromatic heterocycles. The molecular formula is C20H18N4OS. The van der Waals surface area contributed by atoms with Crippen molar-refractivity contribution in [3.63, 3.8) is 0 Å². The number of benzene rings is 1. The second-order valence-electron chi connectivity index (χ2n) is 6.22. The molecule has 0 fully saturated rings. The third-order valence-electron chi connectivity index (χ3n) is 4.17. The molecule has 0 radical (unpaired) electrons. The molecule has 0 bridgehead atoms. The molecule has 130 valence electrons. The standard InChI is InChI=1S/C20H18N4OS/c1-13-8-14(2)23-20-17(13)9-18(26-20)19(25)21-10-15-11-22-24(12-15)16-6-4-3-5-7-16/h3-9,11-12H,10H2,1-2H3,(H,21,25). The first-order valence-electron chi connectivity index (χ1n) is 8.35. The first-order valence-corrected chi connectivity index (χ1v) is 9.17. The number of para-hydroxylation sites is 1. The van der Waals surface area contributed by atoms with Crippen molar-refractivity contribution < 1.29 is 4.79 Å². The van der Waals surface area contributed by atoms with Crippen LogP contribution >= 0.6 is 11.3 Å². The van der Waals surface area contributed by atoms with E-state index in [2.05, 4.69) is 15.4 Å². The summed E-state index contributed by atoms with van der Waals surface area (Å²) in [6, 6.07) is 13.8. The SMILES string of the molecule is Cc1cc(C)c2cc(C(=O)NCc3cnn(-c4ccccc4)c3)sc2n1. The van der Waals surface area contributed by atoms with E-state index in [1.54, 1.807) is 10.9 Å². The molecule has 0 aliphatic heterocycles. The number of rotatable bonds is 4. The Labute approximate surface area is 155 Å². The van der Waals surface area contributed by atoms with Gasteiger partial charge < -0.3 is 5.32 Å². The van der Waals surface area contributed by atoms with Crippen molar-refractivity contribution in [2.45, 2.75) is 20.4 Å². The van der Waals surface area contributed by atoms with Gasteiger partial charge in [0, 0.05) is 29.4 Å². The summed E-state index contributed by atoms with van der Waals surface area (Å²) in [5, 5.41) is 8.36. The van der Waals surface area contributed by atoms with Gasteiger partial charge in [0.15, 0.2) is 0 Å². The van der Waals surface area contributed by atoms with E-state index in [9.17, 15) is 4.79 Å². The van der Waals surface area contributed by atoms with Gasteiger partial charge in [-0.2, -0.15) is 5.10 Å². The molecule has 6 heteroatoms. The number of carbonyl (C=O) groups excluding carboxylic acids is 1. The van der Waals surface area contributed by atoms with Gasteiger partial charge in [0.05, 0.1) is 16.8 Å². The lowest BCUT2D eigenvalue weighted by Gasteiger charge is -2.01. The Kier molecular flexibility index (Phi) is 4.26. The number of aryl methyl sites for hydroxylation is 2. The Morgan fingerprint density at radius 3 is 2.81 bits per heavy atom. The highest BCUT2D eigenvalue weighted by Gasteiger charge is 2.13. The van der Waals surface area contributed by atoms with Gasteiger partial charge in [0.1, 0.15) is 4.83 Å². The van der Waals surface area contributed by atoms with Gasteiger partial charge in [0.25, 0.3) is 5.91 Å². The van der Waals surface area contributed by atoms with E-state index in [1.165, 1.54) is 11.3 Å². The Balaban J connectivity index is 1.48. The summed E-state index contributed by atoms with van der Waals surface area (Å²) in [6.45, 7) is 4.45. The lowest BCUT2D eigenvalue weighted by atomic mass is 10.2. The molecule has 0 saturated carbocycles. The van der Waals surface area contributed by atoms with E-state index >= 15 is 0 Å². The van der Waals surface area contributed by atoms with Gasteiger partial charge in [-0.15, -0.1) is 11.3 Å². The van der Waals surface area contributed by atoms with E-state index in [0.29, 0.717) is 11.4 Å². The quantitative estimate of drug-likeness (QED) is 0.596. The molecule has 1 amide bonds. The normalized spacial score (nSPS) is 11.0. The predicted molar refractivity (Wildman–Crippen MR) is 104 cm³/mol. The molecule has 0 aliphatic carbocycles. The average molecular weight is 362 g/mol. The van der Waals surface area contributed by atoms with Crippen molar-refractivity contribution in [2.24, 2.45) is 0 Å². The minimum absolute atomic E-state index is 0.0856. The number of amides is 1. The molecule has 0 spiro atoms. The zero-order chi connectivity index (χ0) is 18.1. The number of hydrogen-bond acceptors (Lipinski definition) is 4. The lowest BCUT2D eigenvalue weighted by molar-refractivity contribution is 0.0955. The smallest absolute Gasteiger partial charge is 0.261 e. The molecule has 1 N–H and O–H groups in total. The minimum atomic E-state index is -0.0856. The van der Waals surface area contributed by atoms with Crippen molar-refractivity contribution in [3.05, 3.63) is 76.6 Å². The highest BCUT2D eigenvalue weighted by atomic mass is 32.1. The van der Waals surface area contributed by atoms with Crippen LogP contribution in [0.15, 0.2) is 54.9 Å². The molecule has 5 nitrogen and oxygen atoms in total. The molecule has 0 unspecified atom stereocenters. The summed E-state index contributed by atoms with van der Waals surface area (Å²) in [4.78, 5) is 18.6. The summed E-state index contributed by atoms with van der Waals surface area (Å²) in [5.41, 5.74) is 4.06. The summed E-state index contributed by atoms with van der Waals surface area (Å²) >= 11 is 1.43. The van der Waals surface area contributed by atoms with Gasteiger partial charge in [-0.05, 0) is 43.7 Å². The van der Waals surface area contributed by atoms with Crippen LogP contribution in [0, 0.1) is 13.8 Å². The van der Waals surface area contributed by atoms with E-state index in [0.717, 1.165) is 32.7 Å². The molecule has 0 saturated heterocycles. The van der Waals surface area contributed by atoms with Gasteiger partial charge in [-0.1, -0.05) is 18.2 Å². The van der Waals surface area contributed by atoms with Crippen LogP contribution in [0.1, 0.15) is 26.5 Å². The van der Waals surface area contributed by atoms with Crippen molar-refractivity contribution >= 4 is 27.5 Å². The maximum absolute atomic E-state index is 12.5. The lowest BCUT2D eigenvalue weighted by Crippen LogP contribution is -2.21. The number of fused-ring (bicyclic) bond motifs is 1. The number of nitrogens with zero attached hydrogens (tertiary/aromatic N) is 3. The maximum atomic E-state index is 12.5. The molecule has 0 aliphatic rings. The molecule has 4 aromatic rings. The summed E-state index contributed by atoms with van der Waals surface area (Å²) in [7, 11) is 0. The largest absolute Gasteiger partial charge is 0.347 e. The molecule has 0 atom stereocenters. The van der Waals surface area contributed by atoms with Crippen LogP contribution in [-0.2, 0) is 6.54 Å². The Hall–Kier alpha value is -2.99. The number of thiophene rings is 1. The third kappa shape index (κ3) is 3.23. The van der Waals surface area contributed by atoms with Crippen molar-refractivity contribution in [3.8, 4) is 5.69 Å². The number of hydrogen-bond donors (Lipinski definition) is 1. The molecule has 26 heavy (non-hydrogen) atoms. The van der Waals surface area contributed by atoms with E-state index in [1.807, 2.05) is 62.5 Å². The predicted octanol–water partition coefficient (Wildman–Crippen LogP) is 4.03. The zero-order valence-corrected chi connectivity index (χ0v) is 15.4. The topological polar surface area (TPSA) is 59.8 Å². The highest BCUT2D eigenvalue weighted by molar-refractivity contribution is 7.20. The second-order valence-corrected chi connectivity index (χ2v) is 7.25. The van der Waals surface area contributed by atoms with E-state index in [-0.39, 0.29) is 5.91 Å². The fourth-order valence-electron chi connectivity index (χ4n) is 2.89. The monoisotopic (exact) mass is 362 g/mol. The van der Waals surface area contributed by atoms with Crippen LogP contribution in [0.2, 0.25) is 0 Å². The summed E-state index contributed by atoms with van der Waals surface area (Å²) in [6.07, 6.45) is 3.70. The number of aromatic nitrogens is 3. The number of carbonyl (C=O) groups is 1.